The number of benzene rings is 1. The third-order valence-corrected chi connectivity index (χ3v) is 2.85. The van der Waals surface area contributed by atoms with Crippen LogP contribution in [0.3, 0.4) is 0 Å². The van der Waals surface area contributed by atoms with Crippen LogP contribution in [0.4, 0.5) is 4.79 Å². The van der Waals surface area contributed by atoms with Gasteiger partial charge in [0.25, 0.3) is 0 Å². The van der Waals surface area contributed by atoms with Gasteiger partial charge in [0.05, 0.1) is 20.8 Å². The number of amides is 2. The number of carbonyl (C=O) groups excluding carboxylic acids is 1. The Balaban J connectivity index is 2.09. The fraction of sp³-hybridized carbons (Fsp3) is 0.357. The average molecular weight is 306 g/mol. The number of aromatic nitrogens is 2. The highest BCUT2D eigenvalue weighted by Crippen LogP contribution is 2.31. The van der Waals surface area contributed by atoms with Crippen LogP contribution in [0.15, 0.2) is 22.7 Å². The molecule has 2 amide bonds. The Labute approximate surface area is 127 Å². The van der Waals surface area contributed by atoms with Crippen molar-refractivity contribution in [3.05, 3.63) is 24.1 Å². The molecule has 0 aliphatic rings. The first-order valence-corrected chi connectivity index (χ1v) is 6.74. The Kier molecular flexibility index (Phi) is 5.18. The summed E-state index contributed by atoms with van der Waals surface area (Å²) in [6.07, 6.45) is 0. The van der Waals surface area contributed by atoms with Crippen molar-refractivity contribution in [2.75, 3.05) is 20.8 Å². The number of urea groups is 1. The number of carbonyl (C=O) groups is 1. The minimum absolute atomic E-state index is 0.159. The van der Waals surface area contributed by atoms with Crippen LogP contribution in [0, 0.1) is 0 Å². The first-order valence-electron chi connectivity index (χ1n) is 6.74. The molecule has 0 unspecified atom stereocenters. The van der Waals surface area contributed by atoms with E-state index >= 15 is 0 Å². The number of hydrogen-bond acceptors (Lipinski definition) is 6. The number of hydrogen-bond donors (Lipinski definition) is 2. The average Bonchev–Trinajstić information content (AvgIpc) is 3.01. The van der Waals surface area contributed by atoms with Gasteiger partial charge in [0, 0.05) is 12.1 Å². The maximum absolute atomic E-state index is 11.3. The van der Waals surface area contributed by atoms with Crippen LogP contribution < -0.4 is 20.1 Å². The molecule has 0 radical (unpaired) electrons. The van der Waals surface area contributed by atoms with E-state index in [4.69, 9.17) is 14.0 Å². The van der Waals surface area contributed by atoms with E-state index in [9.17, 15) is 4.79 Å². The first-order chi connectivity index (χ1) is 10.7. The van der Waals surface area contributed by atoms with E-state index in [1.54, 1.807) is 32.4 Å². The van der Waals surface area contributed by atoms with Crippen LogP contribution in [-0.2, 0) is 6.54 Å². The quantitative estimate of drug-likeness (QED) is 0.840. The van der Waals surface area contributed by atoms with Crippen molar-refractivity contribution in [3.8, 4) is 22.9 Å². The van der Waals surface area contributed by atoms with Gasteiger partial charge in [-0.2, -0.15) is 4.98 Å². The van der Waals surface area contributed by atoms with Crippen molar-refractivity contribution >= 4 is 6.03 Å². The van der Waals surface area contributed by atoms with Gasteiger partial charge in [-0.3, -0.25) is 0 Å². The van der Waals surface area contributed by atoms with Gasteiger partial charge < -0.3 is 24.6 Å². The molecule has 0 aliphatic heterocycles. The van der Waals surface area contributed by atoms with Gasteiger partial charge in [0.1, 0.15) is 0 Å². The molecular formula is C14H18N4O4. The third kappa shape index (κ3) is 3.66. The molecule has 0 fully saturated rings. The van der Waals surface area contributed by atoms with E-state index in [0.717, 1.165) is 5.56 Å². The van der Waals surface area contributed by atoms with Gasteiger partial charge >= 0.3 is 6.03 Å². The summed E-state index contributed by atoms with van der Waals surface area (Å²) in [6.45, 7) is 2.54. The topological polar surface area (TPSA) is 98.5 Å². The molecule has 22 heavy (non-hydrogen) atoms. The molecular weight excluding hydrogens is 288 g/mol. The first kappa shape index (κ1) is 15.6. The lowest BCUT2D eigenvalue weighted by atomic mass is 10.2. The highest BCUT2D eigenvalue weighted by atomic mass is 16.5. The Morgan fingerprint density at radius 3 is 2.68 bits per heavy atom. The number of methoxy groups -OCH3 is 2. The Hall–Kier alpha value is -2.77. The van der Waals surface area contributed by atoms with Gasteiger partial charge in [0.2, 0.25) is 11.7 Å². The fourth-order valence-electron chi connectivity index (χ4n) is 1.80. The van der Waals surface area contributed by atoms with Gasteiger partial charge in [-0.05, 0) is 25.1 Å². The summed E-state index contributed by atoms with van der Waals surface area (Å²) >= 11 is 0. The van der Waals surface area contributed by atoms with Crippen molar-refractivity contribution in [3.63, 3.8) is 0 Å². The van der Waals surface area contributed by atoms with Crippen molar-refractivity contribution in [2.24, 2.45) is 0 Å². The lowest BCUT2D eigenvalue weighted by Gasteiger charge is -2.07. The predicted octanol–water partition coefficient (Wildman–Crippen LogP) is 1.57. The second-order valence-electron chi connectivity index (χ2n) is 4.29. The van der Waals surface area contributed by atoms with E-state index in [1.807, 2.05) is 6.92 Å². The zero-order valence-electron chi connectivity index (χ0n) is 12.7. The highest BCUT2D eigenvalue weighted by molar-refractivity contribution is 5.73. The summed E-state index contributed by atoms with van der Waals surface area (Å²) in [5, 5.41) is 9.11. The normalized spacial score (nSPS) is 10.1. The molecule has 0 saturated carbocycles. The van der Waals surface area contributed by atoms with E-state index in [-0.39, 0.29) is 12.6 Å². The molecule has 1 heterocycles. The zero-order valence-corrected chi connectivity index (χ0v) is 12.7. The van der Waals surface area contributed by atoms with Crippen LogP contribution in [0.5, 0.6) is 11.5 Å². The smallest absolute Gasteiger partial charge is 0.315 e. The molecule has 2 rings (SSSR count). The van der Waals surface area contributed by atoms with E-state index in [1.165, 1.54) is 0 Å². The molecule has 8 heteroatoms. The van der Waals surface area contributed by atoms with Crippen LogP contribution in [0.25, 0.3) is 11.4 Å². The number of nitrogens with zero attached hydrogens (tertiary/aromatic N) is 2. The van der Waals surface area contributed by atoms with Crippen molar-refractivity contribution in [1.29, 1.82) is 0 Å². The molecule has 0 bridgehead atoms. The third-order valence-electron chi connectivity index (χ3n) is 2.85. The molecule has 0 spiro atoms. The van der Waals surface area contributed by atoms with Crippen molar-refractivity contribution < 1.29 is 18.8 Å². The summed E-state index contributed by atoms with van der Waals surface area (Å²) in [6, 6.07) is 5.03. The number of nitrogens with one attached hydrogen (secondary N) is 2. The van der Waals surface area contributed by atoms with Crippen LogP contribution >= 0.6 is 0 Å². The molecule has 2 N–H and O–H groups in total. The van der Waals surface area contributed by atoms with Gasteiger partial charge in [0.15, 0.2) is 11.5 Å². The molecule has 118 valence electrons. The van der Waals surface area contributed by atoms with E-state index in [0.29, 0.717) is 29.8 Å². The molecule has 8 nitrogen and oxygen atoms in total. The minimum atomic E-state index is -0.284. The lowest BCUT2D eigenvalue weighted by molar-refractivity contribution is 0.239. The summed E-state index contributed by atoms with van der Waals surface area (Å²) < 4.78 is 15.5. The second kappa shape index (κ2) is 7.30. The molecule has 1 aromatic carbocycles. The SMILES string of the molecule is CCNC(=O)NCc1nc(-c2ccc(OC)c(OC)c2)no1. The zero-order chi connectivity index (χ0) is 15.9. The molecule has 0 aliphatic carbocycles. The number of rotatable bonds is 6. The second-order valence-corrected chi connectivity index (χ2v) is 4.29. The highest BCUT2D eigenvalue weighted by Gasteiger charge is 2.12. The standard InChI is InChI=1S/C14H18N4O4/c1-4-15-14(19)16-8-12-17-13(18-22-12)9-5-6-10(20-2)11(7-9)21-3/h5-7H,4,8H2,1-3H3,(H2,15,16,19). The molecule has 1 aromatic heterocycles. The van der Waals surface area contributed by atoms with Crippen LogP contribution in [0.2, 0.25) is 0 Å². The summed E-state index contributed by atoms with van der Waals surface area (Å²) in [7, 11) is 3.12. The van der Waals surface area contributed by atoms with Gasteiger partial charge in [-0.1, -0.05) is 5.16 Å². The maximum Gasteiger partial charge on any atom is 0.315 e. The fourth-order valence-corrected chi connectivity index (χ4v) is 1.80. The largest absolute Gasteiger partial charge is 0.493 e. The maximum atomic E-state index is 11.3. The minimum Gasteiger partial charge on any atom is -0.493 e. The van der Waals surface area contributed by atoms with E-state index in [2.05, 4.69) is 20.8 Å². The van der Waals surface area contributed by atoms with E-state index < -0.39 is 0 Å². The van der Waals surface area contributed by atoms with Gasteiger partial charge in [-0.25, -0.2) is 4.79 Å². The van der Waals surface area contributed by atoms with Crippen molar-refractivity contribution in [2.45, 2.75) is 13.5 Å². The lowest BCUT2D eigenvalue weighted by Crippen LogP contribution is -2.34. The van der Waals surface area contributed by atoms with Gasteiger partial charge in [-0.15, -0.1) is 0 Å². The summed E-state index contributed by atoms with van der Waals surface area (Å²) in [5.41, 5.74) is 0.727. The Morgan fingerprint density at radius 2 is 2.00 bits per heavy atom. The molecule has 2 aromatic rings. The molecule has 0 atom stereocenters. The summed E-state index contributed by atoms with van der Waals surface area (Å²) in [4.78, 5) is 15.5. The van der Waals surface area contributed by atoms with Crippen LogP contribution in [0.1, 0.15) is 12.8 Å². The summed E-state index contributed by atoms with van der Waals surface area (Å²) in [5.74, 6) is 1.92. The number of ether oxygens (including phenoxy) is 2. The monoisotopic (exact) mass is 306 g/mol. The predicted molar refractivity (Wildman–Crippen MR) is 78.8 cm³/mol. The Bertz CT molecular complexity index is 642. The Morgan fingerprint density at radius 1 is 1.23 bits per heavy atom. The van der Waals surface area contributed by atoms with Crippen molar-refractivity contribution in [1.82, 2.24) is 20.8 Å². The molecule has 0 saturated heterocycles. The van der Waals surface area contributed by atoms with Crippen LogP contribution in [-0.4, -0.2) is 36.9 Å².